The van der Waals surface area contributed by atoms with E-state index in [4.69, 9.17) is 9.47 Å². The van der Waals surface area contributed by atoms with Crippen LogP contribution in [0.5, 0.6) is 5.75 Å². The minimum atomic E-state index is 0.0312. The Labute approximate surface area is 157 Å². The van der Waals surface area contributed by atoms with Crippen LogP contribution in [0.3, 0.4) is 0 Å². The second kappa shape index (κ2) is 8.20. The normalized spacial score (nSPS) is 22.2. The quantitative estimate of drug-likeness (QED) is 0.792. The molecule has 0 saturated carbocycles. The molecule has 26 heavy (non-hydrogen) atoms. The summed E-state index contributed by atoms with van der Waals surface area (Å²) in [5, 5.41) is 4.92. The molecule has 2 atom stereocenters. The van der Waals surface area contributed by atoms with E-state index >= 15 is 0 Å². The third-order valence-corrected chi connectivity index (χ3v) is 5.90. The van der Waals surface area contributed by atoms with E-state index < -0.39 is 0 Å². The lowest BCUT2D eigenvalue weighted by molar-refractivity contribution is -0.0960. The van der Waals surface area contributed by atoms with Crippen LogP contribution in [0.2, 0.25) is 0 Å². The van der Waals surface area contributed by atoms with E-state index in [1.807, 2.05) is 35.7 Å². The van der Waals surface area contributed by atoms with Crippen molar-refractivity contribution in [3.05, 3.63) is 52.2 Å². The number of unbranched alkanes of at least 4 members (excludes halogenated alkanes) is 1. The third kappa shape index (κ3) is 3.77. The maximum absolute atomic E-state index is 11.9. The number of morpholine rings is 1. The molecule has 1 fully saturated rings. The van der Waals surface area contributed by atoms with E-state index in [0.717, 1.165) is 48.7 Å². The first-order valence-electron chi connectivity index (χ1n) is 9.22. The molecule has 2 aromatic rings. The molecule has 1 aromatic heterocycles. The lowest BCUT2D eigenvalue weighted by Crippen LogP contribution is -2.52. The zero-order chi connectivity index (χ0) is 17.8. The number of ether oxygens (including phenoxy) is 2. The SMILES string of the molecule is O=C(NCCCCN1CCO[C@@H]2c3ccccc3OC[C@H]21)c1cccs1. The molecular formula is C20H24N2O3S. The summed E-state index contributed by atoms with van der Waals surface area (Å²) < 4.78 is 12.0. The Kier molecular flexibility index (Phi) is 5.53. The first-order chi connectivity index (χ1) is 12.8. The van der Waals surface area contributed by atoms with Crippen LogP contribution >= 0.6 is 11.3 Å². The largest absolute Gasteiger partial charge is 0.491 e. The Morgan fingerprint density at radius 1 is 1.23 bits per heavy atom. The standard InChI is InChI=1S/C20H24N2O3S/c23-20(18-8-5-13-26-18)21-9-3-4-10-22-11-12-24-19-15-6-1-2-7-17(15)25-14-16(19)22/h1-2,5-8,13,16,19H,3-4,9-12,14H2,(H,21,23)/t16-,19-/m1/s1. The fourth-order valence-corrected chi connectivity index (χ4v) is 4.33. The van der Waals surface area contributed by atoms with Gasteiger partial charge in [-0.25, -0.2) is 0 Å². The van der Waals surface area contributed by atoms with Gasteiger partial charge in [0.1, 0.15) is 18.5 Å². The molecule has 0 unspecified atom stereocenters. The fourth-order valence-electron chi connectivity index (χ4n) is 3.69. The molecule has 1 aromatic carbocycles. The number of rotatable bonds is 6. The number of benzene rings is 1. The number of carbonyl (C=O) groups excluding carboxylic acids is 1. The number of amides is 1. The Hall–Kier alpha value is -1.89. The average molecular weight is 372 g/mol. The van der Waals surface area contributed by atoms with Gasteiger partial charge in [0.05, 0.1) is 17.5 Å². The number of para-hydroxylation sites is 1. The topological polar surface area (TPSA) is 50.8 Å². The molecule has 0 radical (unpaired) electrons. The highest BCUT2D eigenvalue weighted by Gasteiger charge is 2.38. The molecule has 4 rings (SSSR count). The predicted molar refractivity (Wildman–Crippen MR) is 102 cm³/mol. The zero-order valence-electron chi connectivity index (χ0n) is 14.7. The van der Waals surface area contributed by atoms with Crippen molar-refractivity contribution in [2.24, 2.45) is 0 Å². The summed E-state index contributed by atoms with van der Waals surface area (Å²) in [6, 6.07) is 12.2. The zero-order valence-corrected chi connectivity index (χ0v) is 15.5. The minimum absolute atomic E-state index is 0.0312. The van der Waals surface area contributed by atoms with E-state index in [1.54, 1.807) is 0 Å². The summed E-state index contributed by atoms with van der Waals surface area (Å²) in [6.45, 7) is 4.09. The van der Waals surface area contributed by atoms with Crippen molar-refractivity contribution in [1.82, 2.24) is 10.2 Å². The van der Waals surface area contributed by atoms with Gasteiger partial charge in [-0.2, -0.15) is 0 Å². The summed E-state index contributed by atoms with van der Waals surface area (Å²) in [6.07, 6.45) is 2.13. The Morgan fingerprint density at radius 3 is 3.04 bits per heavy atom. The molecular weight excluding hydrogens is 348 g/mol. The first-order valence-corrected chi connectivity index (χ1v) is 10.1. The highest BCUT2D eigenvalue weighted by atomic mass is 32.1. The smallest absolute Gasteiger partial charge is 0.261 e. The number of nitrogens with zero attached hydrogens (tertiary/aromatic N) is 1. The highest BCUT2D eigenvalue weighted by molar-refractivity contribution is 7.12. The van der Waals surface area contributed by atoms with Gasteiger partial charge >= 0.3 is 0 Å². The lowest BCUT2D eigenvalue weighted by atomic mass is 9.96. The Balaban J connectivity index is 1.25. The molecule has 1 saturated heterocycles. The monoisotopic (exact) mass is 372 g/mol. The Morgan fingerprint density at radius 2 is 2.15 bits per heavy atom. The molecule has 2 aliphatic rings. The fraction of sp³-hybridized carbons (Fsp3) is 0.450. The van der Waals surface area contributed by atoms with Crippen LogP contribution in [0, 0.1) is 0 Å². The second-order valence-corrected chi connectivity index (χ2v) is 7.63. The number of hydrogen-bond acceptors (Lipinski definition) is 5. The minimum Gasteiger partial charge on any atom is -0.491 e. The van der Waals surface area contributed by atoms with Crippen LogP contribution in [-0.4, -0.2) is 49.7 Å². The maximum Gasteiger partial charge on any atom is 0.261 e. The number of thiophene rings is 1. The summed E-state index contributed by atoms with van der Waals surface area (Å²) in [5.41, 5.74) is 1.16. The van der Waals surface area contributed by atoms with E-state index in [2.05, 4.69) is 16.3 Å². The maximum atomic E-state index is 11.9. The number of hydrogen-bond donors (Lipinski definition) is 1. The molecule has 0 aliphatic carbocycles. The van der Waals surface area contributed by atoms with Crippen molar-refractivity contribution >= 4 is 17.2 Å². The van der Waals surface area contributed by atoms with Crippen molar-refractivity contribution in [3.63, 3.8) is 0 Å². The second-order valence-electron chi connectivity index (χ2n) is 6.68. The number of carbonyl (C=O) groups is 1. The van der Waals surface area contributed by atoms with E-state index in [-0.39, 0.29) is 18.1 Å². The summed E-state index contributed by atoms with van der Waals surface area (Å²) >= 11 is 1.48. The molecule has 2 aliphatic heterocycles. The van der Waals surface area contributed by atoms with Crippen molar-refractivity contribution < 1.29 is 14.3 Å². The summed E-state index contributed by atoms with van der Waals surface area (Å²) in [7, 11) is 0. The average Bonchev–Trinajstić information content (AvgIpc) is 3.22. The molecule has 1 N–H and O–H groups in total. The summed E-state index contributed by atoms with van der Waals surface area (Å²) in [4.78, 5) is 15.2. The third-order valence-electron chi connectivity index (χ3n) is 5.03. The molecule has 0 spiro atoms. The molecule has 0 bridgehead atoms. The van der Waals surface area contributed by atoms with Crippen molar-refractivity contribution in [2.75, 3.05) is 32.8 Å². The molecule has 5 nitrogen and oxygen atoms in total. The van der Waals surface area contributed by atoms with Gasteiger partial charge in [-0.3, -0.25) is 9.69 Å². The van der Waals surface area contributed by atoms with Gasteiger partial charge in [-0.05, 0) is 36.9 Å². The van der Waals surface area contributed by atoms with Crippen LogP contribution in [0.25, 0.3) is 0 Å². The first kappa shape index (κ1) is 17.5. The molecule has 3 heterocycles. The van der Waals surface area contributed by atoms with Gasteiger partial charge in [-0.1, -0.05) is 24.3 Å². The van der Waals surface area contributed by atoms with Gasteiger partial charge in [0, 0.05) is 18.7 Å². The highest BCUT2D eigenvalue weighted by Crippen LogP contribution is 2.38. The molecule has 6 heteroatoms. The van der Waals surface area contributed by atoms with Crippen LogP contribution < -0.4 is 10.1 Å². The van der Waals surface area contributed by atoms with E-state index in [9.17, 15) is 4.79 Å². The molecule has 1 amide bonds. The van der Waals surface area contributed by atoms with Gasteiger partial charge in [0.2, 0.25) is 0 Å². The van der Waals surface area contributed by atoms with Crippen LogP contribution in [0.4, 0.5) is 0 Å². The lowest BCUT2D eigenvalue weighted by Gasteiger charge is -2.44. The van der Waals surface area contributed by atoms with Crippen LogP contribution in [-0.2, 0) is 4.74 Å². The Bertz CT molecular complexity index is 734. The van der Waals surface area contributed by atoms with Gasteiger partial charge in [0.15, 0.2) is 0 Å². The van der Waals surface area contributed by atoms with Gasteiger partial charge in [0.25, 0.3) is 5.91 Å². The van der Waals surface area contributed by atoms with Gasteiger partial charge < -0.3 is 14.8 Å². The van der Waals surface area contributed by atoms with Crippen LogP contribution in [0.15, 0.2) is 41.8 Å². The van der Waals surface area contributed by atoms with E-state index in [1.165, 1.54) is 11.3 Å². The summed E-state index contributed by atoms with van der Waals surface area (Å²) in [5.74, 6) is 0.982. The number of nitrogens with one attached hydrogen (secondary N) is 1. The number of fused-ring (bicyclic) bond motifs is 3. The van der Waals surface area contributed by atoms with Crippen LogP contribution in [0.1, 0.15) is 34.2 Å². The molecule has 138 valence electrons. The predicted octanol–water partition coefficient (Wildman–Crippen LogP) is 3.09. The van der Waals surface area contributed by atoms with Crippen molar-refractivity contribution in [3.8, 4) is 5.75 Å². The van der Waals surface area contributed by atoms with Gasteiger partial charge in [-0.15, -0.1) is 11.3 Å². The van der Waals surface area contributed by atoms with Crippen molar-refractivity contribution in [2.45, 2.75) is 25.0 Å². The van der Waals surface area contributed by atoms with Crippen molar-refractivity contribution in [1.29, 1.82) is 0 Å². The van der Waals surface area contributed by atoms with E-state index in [0.29, 0.717) is 13.2 Å².